The molecule has 2 heterocycles. The number of aromatic nitrogens is 3. The van der Waals surface area contributed by atoms with Gasteiger partial charge in [0.05, 0.1) is 5.51 Å². The minimum atomic E-state index is 0. The van der Waals surface area contributed by atoms with Crippen molar-refractivity contribution in [3.63, 3.8) is 0 Å². The van der Waals surface area contributed by atoms with Crippen molar-refractivity contribution >= 4 is 16.3 Å². The maximum Gasteiger partial charge on any atom is 0.269 e. The summed E-state index contributed by atoms with van der Waals surface area (Å²) in [5.74, 6) is 1.35. The number of hydrogen-bond donors (Lipinski definition) is 1. The fourth-order valence-electron chi connectivity index (χ4n) is 1.14. The van der Waals surface area contributed by atoms with E-state index in [0.717, 1.165) is 10.7 Å². The molecule has 0 spiro atoms. The van der Waals surface area contributed by atoms with Crippen LogP contribution in [-0.4, -0.2) is 22.2 Å². The molecule has 2 aromatic heterocycles. The van der Waals surface area contributed by atoms with Crippen molar-refractivity contribution in [2.24, 2.45) is 0 Å². The highest BCUT2D eigenvalue weighted by Crippen LogP contribution is 2.29. The van der Waals surface area contributed by atoms with Crippen LogP contribution in [0.4, 0.5) is 5.00 Å². The fraction of sp³-hybridized carbons (Fsp3) is 0.500. The first-order valence-corrected chi connectivity index (χ1v) is 5.55. The van der Waals surface area contributed by atoms with Crippen molar-refractivity contribution in [1.29, 1.82) is 0 Å². The highest BCUT2D eigenvalue weighted by atomic mass is 32.1. The molecule has 6 heteroatoms. The van der Waals surface area contributed by atoms with Gasteiger partial charge in [0.2, 0.25) is 5.89 Å². The molecular formula is C10H18N4OS. The number of nitrogens with one attached hydrogen (secondary N) is 1. The molecule has 0 bridgehead atoms. The molecule has 0 amide bonds. The molecule has 0 saturated heterocycles. The molecule has 0 aromatic carbocycles. The van der Waals surface area contributed by atoms with Gasteiger partial charge in [0.15, 0.2) is 5.69 Å². The van der Waals surface area contributed by atoms with Crippen molar-refractivity contribution in [3.05, 3.63) is 11.4 Å². The summed E-state index contributed by atoms with van der Waals surface area (Å²) in [7, 11) is 1.84. The van der Waals surface area contributed by atoms with E-state index in [4.69, 9.17) is 4.42 Å². The number of thiazole rings is 1. The number of hydrogen-bond acceptors (Lipinski definition) is 6. The van der Waals surface area contributed by atoms with E-state index in [2.05, 4.69) is 20.5 Å². The van der Waals surface area contributed by atoms with E-state index < -0.39 is 0 Å². The molecule has 0 fully saturated rings. The quantitative estimate of drug-likeness (QED) is 0.895. The lowest BCUT2D eigenvalue weighted by atomic mass is 10.2. The maximum absolute atomic E-state index is 5.51. The SMILES string of the molecule is C.CNc1scnc1-c1nnc(C(C)C)o1.[HH]. The van der Waals surface area contributed by atoms with E-state index in [1.807, 2.05) is 20.9 Å². The molecule has 0 atom stereocenters. The van der Waals surface area contributed by atoms with E-state index in [9.17, 15) is 0 Å². The van der Waals surface area contributed by atoms with Crippen LogP contribution < -0.4 is 5.32 Å². The Kier molecular flexibility index (Phi) is 4.00. The average molecular weight is 242 g/mol. The summed E-state index contributed by atoms with van der Waals surface area (Å²) in [6.07, 6.45) is 0. The Labute approximate surface area is 100 Å². The van der Waals surface area contributed by atoms with Gasteiger partial charge < -0.3 is 9.73 Å². The third kappa shape index (κ3) is 2.21. The molecule has 90 valence electrons. The number of nitrogens with zero attached hydrogens (tertiary/aromatic N) is 3. The van der Waals surface area contributed by atoms with E-state index in [1.54, 1.807) is 5.51 Å². The third-order valence-corrected chi connectivity index (χ3v) is 2.78. The normalized spacial score (nSPS) is 10.2. The van der Waals surface area contributed by atoms with E-state index in [-0.39, 0.29) is 14.8 Å². The van der Waals surface area contributed by atoms with E-state index >= 15 is 0 Å². The van der Waals surface area contributed by atoms with Crippen molar-refractivity contribution in [2.75, 3.05) is 12.4 Å². The summed E-state index contributed by atoms with van der Waals surface area (Å²) in [5.41, 5.74) is 2.47. The third-order valence-electron chi connectivity index (χ3n) is 1.93. The van der Waals surface area contributed by atoms with Gasteiger partial charge in [-0.15, -0.1) is 21.5 Å². The Morgan fingerprint density at radius 1 is 1.44 bits per heavy atom. The van der Waals surface area contributed by atoms with Crippen molar-refractivity contribution in [1.82, 2.24) is 15.2 Å². The predicted octanol–water partition coefficient (Wildman–Crippen LogP) is 3.24. The Balaban J connectivity index is 0.00000128. The molecule has 2 aromatic rings. The Morgan fingerprint density at radius 3 is 2.75 bits per heavy atom. The van der Waals surface area contributed by atoms with Crippen LogP contribution in [0.15, 0.2) is 9.93 Å². The van der Waals surface area contributed by atoms with Gasteiger partial charge in [-0.05, 0) is 0 Å². The smallest absolute Gasteiger partial charge is 0.269 e. The highest BCUT2D eigenvalue weighted by Gasteiger charge is 2.16. The molecule has 0 aliphatic carbocycles. The molecule has 0 unspecified atom stereocenters. The lowest BCUT2D eigenvalue weighted by molar-refractivity contribution is 0.480. The topological polar surface area (TPSA) is 63.8 Å². The molecule has 16 heavy (non-hydrogen) atoms. The predicted molar refractivity (Wildman–Crippen MR) is 67.9 cm³/mol. The van der Waals surface area contributed by atoms with Crippen LogP contribution in [0.5, 0.6) is 0 Å². The Morgan fingerprint density at radius 2 is 2.19 bits per heavy atom. The largest absolute Gasteiger partial charge is 0.419 e. The van der Waals surface area contributed by atoms with Gasteiger partial charge in [-0.3, -0.25) is 0 Å². The van der Waals surface area contributed by atoms with Gasteiger partial charge in [-0.2, -0.15) is 0 Å². The van der Waals surface area contributed by atoms with Crippen LogP contribution in [0.3, 0.4) is 0 Å². The molecule has 5 nitrogen and oxygen atoms in total. The van der Waals surface area contributed by atoms with Crippen molar-refractivity contribution < 1.29 is 5.84 Å². The van der Waals surface area contributed by atoms with Gasteiger partial charge in [0.25, 0.3) is 5.89 Å². The zero-order valence-electron chi connectivity index (χ0n) is 8.81. The zero-order valence-corrected chi connectivity index (χ0v) is 9.63. The second-order valence-electron chi connectivity index (χ2n) is 3.38. The average Bonchev–Trinajstić information content (AvgIpc) is 2.85. The first-order valence-electron chi connectivity index (χ1n) is 4.67. The summed E-state index contributed by atoms with van der Waals surface area (Å²) in [5, 5.41) is 11.9. The van der Waals surface area contributed by atoms with Crippen LogP contribution in [0.25, 0.3) is 11.6 Å². The second-order valence-corrected chi connectivity index (χ2v) is 4.24. The second kappa shape index (κ2) is 5.07. The maximum atomic E-state index is 5.51. The summed E-state index contributed by atoms with van der Waals surface area (Å²) in [6, 6.07) is 0. The van der Waals surface area contributed by atoms with Gasteiger partial charge in [0, 0.05) is 14.4 Å². The Hall–Kier alpha value is -1.43. The van der Waals surface area contributed by atoms with Gasteiger partial charge in [-0.1, -0.05) is 21.3 Å². The minimum Gasteiger partial charge on any atom is -0.419 e. The highest BCUT2D eigenvalue weighted by molar-refractivity contribution is 7.14. The van der Waals surface area contributed by atoms with Crippen LogP contribution in [0.2, 0.25) is 0 Å². The van der Waals surface area contributed by atoms with E-state index in [1.165, 1.54) is 11.3 Å². The zero-order chi connectivity index (χ0) is 10.8. The number of anilines is 1. The van der Waals surface area contributed by atoms with Crippen LogP contribution in [0, 0.1) is 0 Å². The molecule has 1 N–H and O–H groups in total. The molecule has 0 saturated carbocycles. The molecule has 0 aliphatic heterocycles. The fourth-order valence-corrected chi connectivity index (χ4v) is 1.77. The van der Waals surface area contributed by atoms with Crippen LogP contribution in [0.1, 0.15) is 34.5 Å². The Bertz CT molecular complexity index is 455. The van der Waals surface area contributed by atoms with Crippen molar-refractivity contribution in [3.8, 4) is 11.6 Å². The lowest BCUT2D eigenvalue weighted by Gasteiger charge is -1.96. The van der Waals surface area contributed by atoms with Gasteiger partial charge in [-0.25, -0.2) is 4.98 Å². The standard InChI is InChI=1S/C9H12N4OS.CH4.H2/c1-5(2)7-12-13-8(14-7)6-9(10-3)15-4-11-6;;/h4-5,10H,1-3H3;1H4;1H. The lowest BCUT2D eigenvalue weighted by Crippen LogP contribution is -1.88. The monoisotopic (exact) mass is 242 g/mol. The first kappa shape index (κ1) is 12.6. The van der Waals surface area contributed by atoms with Crippen molar-refractivity contribution in [2.45, 2.75) is 27.2 Å². The summed E-state index contributed by atoms with van der Waals surface area (Å²) >= 11 is 1.51. The molecule has 0 radical (unpaired) electrons. The molecular weight excluding hydrogens is 224 g/mol. The number of rotatable bonds is 3. The van der Waals surface area contributed by atoms with Gasteiger partial charge in [0.1, 0.15) is 5.00 Å². The van der Waals surface area contributed by atoms with Gasteiger partial charge >= 0.3 is 0 Å². The summed E-state index contributed by atoms with van der Waals surface area (Å²) in [4.78, 5) is 4.19. The van der Waals surface area contributed by atoms with Crippen LogP contribution in [-0.2, 0) is 0 Å². The summed E-state index contributed by atoms with van der Waals surface area (Å²) < 4.78 is 5.51. The first-order chi connectivity index (χ1) is 7.22. The molecule has 2 rings (SSSR count). The van der Waals surface area contributed by atoms with E-state index in [0.29, 0.717) is 11.8 Å². The molecule has 0 aliphatic rings. The minimum absolute atomic E-state index is 0. The van der Waals surface area contributed by atoms with Crippen LogP contribution >= 0.6 is 11.3 Å². The summed E-state index contributed by atoms with van der Waals surface area (Å²) in [6.45, 7) is 4.02.